The lowest BCUT2D eigenvalue weighted by Crippen LogP contribution is -2.47. The van der Waals surface area contributed by atoms with Crippen molar-refractivity contribution in [1.29, 1.82) is 0 Å². The Hall–Kier alpha value is -3.67. The van der Waals surface area contributed by atoms with E-state index in [9.17, 15) is 9.59 Å². The second-order valence-electron chi connectivity index (χ2n) is 8.88. The molecule has 1 aliphatic rings. The number of ether oxygens (including phenoxy) is 1. The third-order valence-corrected chi connectivity index (χ3v) is 6.36. The Kier molecular flexibility index (Phi) is 8.49. The molecule has 4 rings (SSSR count). The lowest BCUT2D eigenvalue weighted by atomic mass is 9.94. The van der Waals surface area contributed by atoms with Crippen LogP contribution in [0.15, 0.2) is 79.0 Å². The van der Waals surface area contributed by atoms with Gasteiger partial charge >= 0.3 is 0 Å². The van der Waals surface area contributed by atoms with Gasteiger partial charge in [-0.3, -0.25) is 14.6 Å². The summed E-state index contributed by atoms with van der Waals surface area (Å²) < 4.78 is 5.60. The molecule has 1 atom stereocenters. The van der Waals surface area contributed by atoms with Crippen LogP contribution < -0.4 is 10.1 Å². The molecule has 2 aromatic carbocycles. The monoisotopic (exact) mass is 471 g/mol. The number of hydrogen-bond donors (Lipinski definition) is 1. The van der Waals surface area contributed by atoms with Gasteiger partial charge in [-0.25, -0.2) is 0 Å². The van der Waals surface area contributed by atoms with Gasteiger partial charge in [-0.1, -0.05) is 67.8 Å². The number of pyridine rings is 1. The quantitative estimate of drug-likeness (QED) is 0.459. The molecule has 0 saturated heterocycles. The van der Waals surface area contributed by atoms with Crippen molar-refractivity contribution >= 4 is 11.8 Å². The van der Waals surface area contributed by atoms with E-state index in [-0.39, 0.29) is 24.4 Å². The molecule has 1 fully saturated rings. The van der Waals surface area contributed by atoms with Gasteiger partial charge in [0.1, 0.15) is 17.5 Å². The molecular weight excluding hydrogens is 438 g/mol. The first-order chi connectivity index (χ1) is 17.2. The van der Waals surface area contributed by atoms with Crippen molar-refractivity contribution in [2.24, 2.45) is 0 Å². The second-order valence-corrected chi connectivity index (χ2v) is 8.88. The van der Waals surface area contributed by atoms with E-state index in [0.29, 0.717) is 12.3 Å². The largest absolute Gasteiger partial charge is 0.494 e. The molecule has 0 radical (unpaired) electrons. The van der Waals surface area contributed by atoms with Crippen molar-refractivity contribution < 1.29 is 14.3 Å². The Morgan fingerprint density at radius 3 is 2.34 bits per heavy atom. The van der Waals surface area contributed by atoms with Crippen LogP contribution in [0.5, 0.6) is 5.75 Å². The number of nitrogens with zero attached hydrogens (tertiary/aromatic N) is 2. The summed E-state index contributed by atoms with van der Waals surface area (Å²) >= 11 is 0. The number of carbonyl (C=O) groups is 2. The van der Waals surface area contributed by atoms with Gasteiger partial charge in [-0.05, 0) is 55.2 Å². The molecule has 0 spiro atoms. The Morgan fingerprint density at radius 1 is 0.971 bits per heavy atom. The van der Waals surface area contributed by atoms with Crippen LogP contribution in [0, 0.1) is 0 Å². The molecule has 1 aromatic heterocycles. The molecule has 1 N–H and O–H groups in total. The lowest BCUT2D eigenvalue weighted by molar-refractivity contribution is -0.127. The van der Waals surface area contributed by atoms with Gasteiger partial charge in [0.05, 0.1) is 6.61 Å². The smallest absolute Gasteiger partial charge is 0.273 e. The zero-order valence-corrected chi connectivity index (χ0v) is 20.2. The van der Waals surface area contributed by atoms with Gasteiger partial charge in [0.2, 0.25) is 5.91 Å². The zero-order valence-electron chi connectivity index (χ0n) is 20.2. The summed E-state index contributed by atoms with van der Waals surface area (Å²) in [5.41, 5.74) is 1.99. The maximum atomic E-state index is 13.8. The van der Waals surface area contributed by atoms with E-state index >= 15 is 0 Å². The summed E-state index contributed by atoms with van der Waals surface area (Å²) in [6.07, 6.45) is 6.96. The highest BCUT2D eigenvalue weighted by atomic mass is 16.5. The summed E-state index contributed by atoms with van der Waals surface area (Å²) in [5, 5.41) is 3.25. The van der Waals surface area contributed by atoms with Crippen molar-refractivity contribution in [3.8, 4) is 5.75 Å². The van der Waals surface area contributed by atoms with Gasteiger partial charge in [-0.15, -0.1) is 0 Å². The third-order valence-electron chi connectivity index (χ3n) is 6.36. The normalized spacial score (nSPS) is 14.7. The van der Waals surface area contributed by atoms with Crippen molar-refractivity contribution in [3.05, 3.63) is 95.8 Å². The summed E-state index contributed by atoms with van der Waals surface area (Å²) in [6.45, 7) is 2.77. The fraction of sp³-hybridized carbons (Fsp3) is 0.345. The SMILES string of the molecule is CCOc1ccc(C(C(=O)NC2CCCCC2)N(Cc2ccccc2)C(=O)c2ccccn2)cc1. The van der Waals surface area contributed by atoms with Crippen LogP contribution >= 0.6 is 0 Å². The first-order valence-corrected chi connectivity index (χ1v) is 12.4. The summed E-state index contributed by atoms with van der Waals surface area (Å²) in [7, 11) is 0. The molecule has 1 unspecified atom stereocenters. The van der Waals surface area contributed by atoms with Gasteiger partial charge in [0, 0.05) is 18.8 Å². The maximum absolute atomic E-state index is 13.8. The van der Waals surface area contributed by atoms with Crippen LogP contribution in [-0.4, -0.2) is 34.3 Å². The minimum Gasteiger partial charge on any atom is -0.494 e. The fourth-order valence-corrected chi connectivity index (χ4v) is 4.61. The van der Waals surface area contributed by atoms with Crippen LogP contribution in [-0.2, 0) is 11.3 Å². The molecule has 35 heavy (non-hydrogen) atoms. The van der Waals surface area contributed by atoms with Crippen LogP contribution in [0.2, 0.25) is 0 Å². The number of aromatic nitrogens is 1. The minimum absolute atomic E-state index is 0.130. The minimum atomic E-state index is -0.803. The van der Waals surface area contributed by atoms with E-state index in [1.165, 1.54) is 6.42 Å². The molecular formula is C29H33N3O3. The molecule has 0 aliphatic heterocycles. The average Bonchev–Trinajstić information content (AvgIpc) is 2.91. The average molecular weight is 472 g/mol. The topological polar surface area (TPSA) is 71.5 Å². The van der Waals surface area contributed by atoms with E-state index in [4.69, 9.17) is 4.74 Å². The molecule has 0 bridgehead atoms. The van der Waals surface area contributed by atoms with Crippen LogP contribution in [0.25, 0.3) is 0 Å². The first kappa shape index (κ1) is 24.5. The molecule has 3 aromatic rings. The second kappa shape index (κ2) is 12.2. The number of benzene rings is 2. The fourth-order valence-electron chi connectivity index (χ4n) is 4.61. The van der Waals surface area contributed by atoms with E-state index < -0.39 is 6.04 Å². The predicted molar refractivity (Wildman–Crippen MR) is 136 cm³/mol. The number of amides is 2. The van der Waals surface area contributed by atoms with E-state index in [2.05, 4.69) is 10.3 Å². The van der Waals surface area contributed by atoms with Crippen LogP contribution in [0.3, 0.4) is 0 Å². The van der Waals surface area contributed by atoms with Gasteiger partial charge in [-0.2, -0.15) is 0 Å². The zero-order chi connectivity index (χ0) is 24.5. The Balaban J connectivity index is 1.72. The predicted octanol–water partition coefficient (Wildman–Crippen LogP) is 5.31. The Bertz CT molecular complexity index is 1080. The Morgan fingerprint density at radius 2 is 1.69 bits per heavy atom. The van der Waals surface area contributed by atoms with E-state index in [1.807, 2.05) is 61.5 Å². The molecule has 2 amide bonds. The standard InChI is InChI=1S/C29H33N3O3/c1-2-35-25-18-16-23(17-19-25)27(28(33)31-24-13-7-4-8-14-24)32(21-22-11-5-3-6-12-22)29(34)26-15-9-10-20-30-26/h3,5-6,9-12,15-20,24,27H,2,4,7-8,13-14,21H2,1H3,(H,31,33). The van der Waals surface area contributed by atoms with Crippen LogP contribution in [0.4, 0.5) is 0 Å². The van der Waals surface area contributed by atoms with E-state index in [0.717, 1.165) is 42.6 Å². The van der Waals surface area contributed by atoms with Crippen LogP contribution in [0.1, 0.15) is 66.7 Å². The maximum Gasteiger partial charge on any atom is 0.273 e. The highest BCUT2D eigenvalue weighted by Gasteiger charge is 2.34. The highest BCUT2D eigenvalue weighted by Crippen LogP contribution is 2.28. The number of carbonyl (C=O) groups excluding carboxylic acids is 2. The number of nitrogens with one attached hydrogen (secondary N) is 1. The summed E-state index contributed by atoms with van der Waals surface area (Å²) in [6, 6.07) is 21.8. The number of rotatable bonds is 9. The van der Waals surface area contributed by atoms with Crippen molar-refractivity contribution in [2.45, 2.75) is 57.7 Å². The van der Waals surface area contributed by atoms with Gasteiger partial charge < -0.3 is 15.0 Å². The third kappa shape index (κ3) is 6.47. The summed E-state index contributed by atoms with van der Waals surface area (Å²) in [5.74, 6) is 0.279. The van der Waals surface area contributed by atoms with Crippen molar-refractivity contribution in [1.82, 2.24) is 15.2 Å². The summed E-state index contributed by atoms with van der Waals surface area (Å²) in [4.78, 5) is 33.5. The molecule has 1 saturated carbocycles. The molecule has 6 heteroatoms. The lowest BCUT2D eigenvalue weighted by Gasteiger charge is -2.33. The van der Waals surface area contributed by atoms with Crippen molar-refractivity contribution in [3.63, 3.8) is 0 Å². The highest BCUT2D eigenvalue weighted by molar-refractivity contribution is 5.96. The molecule has 182 valence electrons. The van der Waals surface area contributed by atoms with Crippen molar-refractivity contribution in [2.75, 3.05) is 6.61 Å². The van der Waals surface area contributed by atoms with Gasteiger partial charge in [0.15, 0.2) is 0 Å². The molecule has 1 aliphatic carbocycles. The molecule has 6 nitrogen and oxygen atoms in total. The number of hydrogen-bond acceptors (Lipinski definition) is 4. The van der Waals surface area contributed by atoms with Gasteiger partial charge in [0.25, 0.3) is 5.91 Å². The van der Waals surface area contributed by atoms with E-state index in [1.54, 1.807) is 29.3 Å². The first-order valence-electron chi connectivity index (χ1n) is 12.4. The molecule has 1 heterocycles. The Labute approximate surface area is 207 Å².